The van der Waals surface area contributed by atoms with Crippen LogP contribution in [-0.4, -0.2) is 49.2 Å². The van der Waals surface area contributed by atoms with E-state index in [9.17, 15) is 18.0 Å². The number of carbonyl (C=O) groups is 2. The van der Waals surface area contributed by atoms with Crippen LogP contribution in [0.2, 0.25) is 0 Å². The van der Waals surface area contributed by atoms with Gasteiger partial charge in [0.2, 0.25) is 0 Å². The molecular weight excluding hydrogens is 487 g/mol. The summed E-state index contributed by atoms with van der Waals surface area (Å²) in [4.78, 5) is 34.5. The number of nitrogens with one attached hydrogen (secondary N) is 1. The van der Waals surface area contributed by atoms with Crippen molar-refractivity contribution in [1.82, 2.24) is 15.4 Å². The molecule has 10 nitrogen and oxygen atoms in total. The van der Waals surface area contributed by atoms with E-state index < -0.39 is 38.5 Å². The Morgan fingerprint density at radius 2 is 1.94 bits per heavy atom. The molecule has 34 heavy (non-hydrogen) atoms. The van der Waals surface area contributed by atoms with Crippen LogP contribution in [0, 0.1) is 12.7 Å². The fourth-order valence-corrected chi connectivity index (χ4v) is 5.23. The van der Waals surface area contributed by atoms with Crippen molar-refractivity contribution < 1.29 is 32.0 Å². The highest BCUT2D eigenvalue weighted by Crippen LogP contribution is 2.29. The number of hydroxylamine groups is 1. The highest BCUT2D eigenvalue weighted by atomic mass is 32.2. The first-order valence-corrected chi connectivity index (χ1v) is 12.9. The topological polar surface area (TPSA) is 118 Å². The van der Waals surface area contributed by atoms with Crippen LogP contribution in [0.25, 0.3) is 0 Å². The summed E-state index contributed by atoms with van der Waals surface area (Å²) in [6.07, 6.45) is 0.105. The minimum Gasteiger partial charge on any atom is -0.443 e. The molecule has 1 aromatic heterocycles. The summed E-state index contributed by atoms with van der Waals surface area (Å²) in [7, 11) is -4.70. The molecule has 2 heterocycles. The SMILES string of the molecule is Cc1c(CNOC(=O)N2CCCC2)ccc(S(=O)(=O)N(C(=O)OC(C)(C)C)c2cscn2)c1F. The van der Waals surface area contributed by atoms with Crippen LogP contribution in [0.15, 0.2) is 27.9 Å². The number of likely N-dealkylation sites (tertiary alicyclic amines) is 1. The molecule has 186 valence electrons. The lowest BCUT2D eigenvalue weighted by Crippen LogP contribution is -2.41. The van der Waals surface area contributed by atoms with Gasteiger partial charge in [0.15, 0.2) is 5.82 Å². The molecule has 1 aliphatic heterocycles. The Kier molecular flexibility index (Phi) is 7.78. The van der Waals surface area contributed by atoms with Gasteiger partial charge in [-0.25, -0.2) is 27.4 Å². The number of nitrogens with zero attached hydrogens (tertiary/aromatic N) is 3. The molecule has 0 aliphatic carbocycles. The van der Waals surface area contributed by atoms with Crippen LogP contribution in [0.3, 0.4) is 0 Å². The summed E-state index contributed by atoms with van der Waals surface area (Å²) in [5.74, 6) is -1.23. The molecule has 1 fully saturated rings. The van der Waals surface area contributed by atoms with Crippen LogP contribution >= 0.6 is 11.3 Å². The first-order valence-electron chi connectivity index (χ1n) is 10.5. The Morgan fingerprint density at radius 3 is 2.53 bits per heavy atom. The summed E-state index contributed by atoms with van der Waals surface area (Å²) >= 11 is 1.07. The van der Waals surface area contributed by atoms with Crippen LogP contribution in [0.1, 0.15) is 44.7 Å². The predicted octanol–water partition coefficient (Wildman–Crippen LogP) is 3.96. The van der Waals surface area contributed by atoms with Crippen molar-refractivity contribution >= 4 is 39.4 Å². The van der Waals surface area contributed by atoms with E-state index in [0.717, 1.165) is 30.2 Å². The number of ether oxygens (including phenoxy) is 1. The lowest BCUT2D eigenvalue weighted by atomic mass is 10.1. The first-order chi connectivity index (χ1) is 15.9. The molecule has 13 heteroatoms. The van der Waals surface area contributed by atoms with Gasteiger partial charge in [-0.1, -0.05) is 6.07 Å². The van der Waals surface area contributed by atoms with Crippen LogP contribution in [0.4, 0.5) is 19.8 Å². The van der Waals surface area contributed by atoms with Gasteiger partial charge in [-0.15, -0.1) is 21.1 Å². The van der Waals surface area contributed by atoms with Crippen LogP contribution in [-0.2, 0) is 26.1 Å². The second-order valence-corrected chi connectivity index (χ2v) is 11.1. The number of sulfonamides is 1. The zero-order valence-electron chi connectivity index (χ0n) is 19.3. The summed E-state index contributed by atoms with van der Waals surface area (Å²) in [6.45, 7) is 7.35. The number of anilines is 1. The number of rotatable bonds is 6. The Bertz CT molecular complexity index is 1140. The third-order valence-electron chi connectivity index (χ3n) is 4.95. The Balaban J connectivity index is 1.83. The predicted molar refractivity (Wildman–Crippen MR) is 123 cm³/mol. The van der Waals surface area contributed by atoms with Gasteiger partial charge in [0, 0.05) is 18.5 Å². The zero-order chi connectivity index (χ0) is 25.1. The van der Waals surface area contributed by atoms with Crippen LogP contribution < -0.4 is 9.79 Å². The van der Waals surface area contributed by atoms with Crippen molar-refractivity contribution in [1.29, 1.82) is 0 Å². The van der Waals surface area contributed by atoms with Gasteiger partial charge in [0.05, 0.1) is 12.1 Å². The molecule has 1 N–H and O–H groups in total. The average molecular weight is 515 g/mol. The van der Waals surface area contributed by atoms with Crippen molar-refractivity contribution in [2.75, 3.05) is 17.4 Å². The lowest BCUT2D eigenvalue weighted by molar-refractivity contribution is 0.0578. The third-order valence-corrected chi connectivity index (χ3v) is 7.22. The average Bonchev–Trinajstić information content (AvgIpc) is 3.44. The molecule has 0 spiro atoms. The molecule has 1 aromatic carbocycles. The summed E-state index contributed by atoms with van der Waals surface area (Å²) < 4.78 is 47.6. The molecule has 0 radical (unpaired) electrons. The van der Waals surface area contributed by atoms with Crippen molar-refractivity contribution in [3.8, 4) is 0 Å². The highest BCUT2D eigenvalue weighted by Gasteiger charge is 2.38. The number of halogens is 1. The number of aromatic nitrogens is 1. The number of thiazole rings is 1. The number of amides is 2. The van der Waals surface area contributed by atoms with Gasteiger partial charge in [0.1, 0.15) is 16.3 Å². The molecule has 0 saturated carbocycles. The minimum absolute atomic E-state index is 0.0215. The molecule has 1 saturated heterocycles. The van der Waals surface area contributed by atoms with E-state index in [1.165, 1.54) is 23.9 Å². The van der Waals surface area contributed by atoms with E-state index in [2.05, 4.69) is 10.5 Å². The summed E-state index contributed by atoms with van der Waals surface area (Å²) in [6, 6.07) is 2.44. The maximum Gasteiger partial charge on any atom is 0.430 e. The van der Waals surface area contributed by atoms with E-state index in [0.29, 0.717) is 23.0 Å². The first kappa shape index (κ1) is 25.8. The maximum absolute atomic E-state index is 15.3. The molecule has 0 unspecified atom stereocenters. The normalized spacial score (nSPS) is 14.2. The third kappa shape index (κ3) is 5.83. The van der Waals surface area contributed by atoms with Crippen molar-refractivity contribution in [2.24, 2.45) is 0 Å². The van der Waals surface area contributed by atoms with Crippen LogP contribution in [0.5, 0.6) is 0 Å². The number of benzene rings is 1. The minimum atomic E-state index is -4.70. The Labute approximate surface area is 201 Å². The standard InChI is InChI=1S/C21H27FN4O6S2/c1-14-15(11-24-32-19(27)25-9-5-6-10-25)7-8-16(18(14)22)34(29,30)26(17-12-33-13-23-17)20(28)31-21(2,3)4/h7-8,12-13,24H,5-6,9-11H2,1-4H3. The van der Waals surface area contributed by atoms with E-state index in [1.54, 1.807) is 25.7 Å². The summed E-state index contributed by atoms with van der Waals surface area (Å²) in [5.41, 5.74) is 3.25. The zero-order valence-corrected chi connectivity index (χ0v) is 21.0. The number of hydrogen-bond acceptors (Lipinski definition) is 9. The molecule has 2 aromatic rings. The second kappa shape index (κ2) is 10.2. The molecule has 0 bridgehead atoms. The smallest absolute Gasteiger partial charge is 0.430 e. The van der Waals surface area contributed by atoms with E-state index in [-0.39, 0.29) is 17.9 Å². The van der Waals surface area contributed by atoms with Crippen molar-refractivity contribution in [3.63, 3.8) is 0 Å². The van der Waals surface area contributed by atoms with Gasteiger partial charge < -0.3 is 14.5 Å². The molecule has 3 rings (SSSR count). The van der Waals surface area contributed by atoms with Gasteiger partial charge >= 0.3 is 12.2 Å². The Hall–Kier alpha value is -2.77. The fraction of sp³-hybridized carbons (Fsp3) is 0.476. The summed E-state index contributed by atoms with van der Waals surface area (Å²) in [5, 5.41) is 1.35. The van der Waals surface area contributed by atoms with E-state index in [4.69, 9.17) is 9.57 Å². The van der Waals surface area contributed by atoms with Gasteiger partial charge in [-0.3, -0.25) is 0 Å². The second-order valence-electron chi connectivity index (χ2n) is 8.64. The Morgan fingerprint density at radius 1 is 1.26 bits per heavy atom. The molecular formula is C21H27FN4O6S2. The number of carbonyl (C=O) groups excluding carboxylic acids is 2. The largest absolute Gasteiger partial charge is 0.443 e. The van der Waals surface area contributed by atoms with E-state index in [1.807, 2.05) is 0 Å². The lowest BCUT2D eigenvalue weighted by Gasteiger charge is -2.26. The molecule has 2 amide bonds. The van der Waals surface area contributed by atoms with Gasteiger partial charge in [0.25, 0.3) is 10.0 Å². The monoisotopic (exact) mass is 514 g/mol. The quantitative estimate of drug-likeness (QED) is 0.576. The molecule has 0 atom stereocenters. The molecule has 1 aliphatic rings. The van der Waals surface area contributed by atoms with Gasteiger partial charge in [-0.05, 0) is 57.7 Å². The highest BCUT2D eigenvalue weighted by molar-refractivity contribution is 7.93. The number of hydrogen-bond donors (Lipinski definition) is 1. The van der Waals surface area contributed by atoms with Gasteiger partial charge in [-0.2, -0.15) is 0 Å². The fourth-order valence-electron chi connectivity index (χ4n) is 3.25. The van der Waals surface area contributed by atoms with Crippen molar-refractivity contribution in [3.05, 3.63) is 40.0 Å². The maximum atomic E-state index is 15.3. The van der Waals surface area contributed by atoms with E-state index >= 15 is 4.39 Å². The van der Waals surface area contributed by atoms with Crippen molar-refractivity contribution in [2.45, 2.75) is 57.6 Å².